The smallest absolute Gasteiger partial charge is 0.270 e. The largest absolute Gasteiger partial charge is 0.382 e. The van der Waals surface area contributed by atoms with Crippen molar-refractivity contribution in [3.8, 4) is 0 Å². The summed E-state index contributed by atoms with van der Waals surface area (Å²) < 4.78 is 14.6. The summed E-state index contributed by atoms with van der Waals surface area (Å²) in [6.07, 6.45) is 5.47. The van der Waals surface area contributed by atoms with Gasteiger partial charge in [-0.25, -0.2) is 4.39 Å². The number of amides is 1. The van der Waals surface area contributed by atoms with Crippen molar-refractivity contribution >= 4 is 28.8 Å². The minimum Gasteiger partial charge on any atom is -0.382 e. The van der Waals surface area contributed by atoms with Gasteiger partial charge in [0.1, 0.15) is 5.82 Å². The Bertz CT molecular complexity index is 1090. The molecule has 4 rings (SSSR count). The van der Waals surface area contributed by atoms with Crippen LogP contribution >= 0.6 is 0 Å². The van der Waals surface area contributed by atoms with Gasteiger partial charge < -0.3 is 15.1 Å². The molecule has 34 heavy (non-hydrogen) atoms. The highest BCUT2D eigenvalue weighted by Gasteiger charge is 2.27. The molecular formula is C25H29FN4O4. The topological polar surface area (TPSA) is 95.8 Å². The molecule has 1 aliphatic heterocycles. The molecule has 1 aliphatic carbocycles. The molecule has 2 aliphatic rings. The molecule has 1 heterocycles. The van der Waals surface area contributed by atoms with Crippen LogP contribution in [-0.2, 0) is 0 Å². The zero-order valence-corrected chi connectivity index (χ0v) is 19.3. The van der Waals surface area contributed by atoms with E-state index in [2.05, 4.69) is 5.32 Å². The third kappa shape index (κ3) is 5.18. The molecular weight excluding hydrogens is 439 g/mol. The van der Waals surface area contributed by atoms with E-state index in [4.69, 9.17) is 0 Å². The number of piperazine rings is 1. The van der Waals surface area contributed by atoms with Gasteiger partial charge in [0.15, 0.2) is 5.78 Å². The average Bonchev–Trinajstić information content (AvgIpc) is 2.84. The van der Waals surface area contributed by atoms with Gasteiger partial charge in [-0.2, -0.15) is 0 Å². The number of anilines is 2. The normalized spacial score (nSPS) is 16.9. The van der Waals surface area contributed by atoms with Gasteiger partial charge in [-0.1, -0.05) is 19.3 Å². The Morgan fingerprint density at radius 3 is 2.35 bits per heavy atom. The number of hydrogen-bond acceptors (Lipinski definition) is 6. The first-order valence-corrected chi connectivity index (χ1v) is 11.7. The Labute approximate surface area is 197 Å². The molecule has 0 unspecified atom stereocenters. The van der Waals surface area contributed by atoms with E-state index < -0.39 is 10.7 Å². The van der Waals surface area contributed by atoms with Crippen LogP contribution < -0.4 is 10.2 Å². The van der Waals surface area contributed by atoms with Crippen LogP contribution in [0.3, 0.4) is 0 Å². The summed E-state index contributed by atoms with van der Waals surface area (Å²) >= 11 is 0. The molecule has 180 valence electrons. The number of nitro groups is 1. The zero-order valence-electron chi connectivity index (χ0n) is 19.3. The first-order valence-electron chi connectivity index (χ1n) is 11.7. The number of nitrogens with zero attached hydrogens (tertiary/aromatic N) is 3. The van der Waals surface area contributed by atoms with Crippen LogP contribution in [0.4, 0.5) is 21.5 Å². The Hall–Kier alpha value is -3.49. The molecule has 1 N–H and O–H groups in total. The van der Waals surface area contributed by atoms with Crippen molar-refractivity contribution in [3.05, 3.63) is 63.5 Å². The van der Waals surface area contributed by atoms with Crippen LogP contribution in [0.1, 0.15) is 59.7 Å². The van der Waals surface area contributed by atoms with Crippen LogP contribution in [0.15, 0.2) is 36.4 Å². The number of carbonyl (C=O) groups is 2. The number of hydrogen-bond donors (Lipinski definition) is 1. The maximum Gasteiger partial charge on any atom is 0.270 e. The average molecular weight is 469 g/mol. The first-order chi connectivity index (χ1) is 16.3. The van der Waals surface area contributed by atoms with E-state index in [0.29, 0.717) is 48.7 Å². The van der Waals surface area contributed by atoms with Crippen molar-refractivity contribution in [1.82, 2.24) is 4.90 Å². The fourth-order valence-electron chi connectivity index (χ4n) is 4.72. The molecule has 0 atom stereocenters. The molecule has 2 aromatic carbocycles. The number of halogens is 1. The predicted molar refractivity (Wildman–Crippen MR) is 128 cm³/mol. The highest BCUT2D eigenvalue weighted by atomic mass is 19.1. The van der Waals surface area contributed by atoms with Gasteiger partial charge in [0.25, 0.3) is 11.6 Å². The van der Waals surface area contributed by atoms with Crippen molar-refractivity contribution in [3.63, 3.8) is 0 Å². The summed E-state index contributed by atoms with van der Waals surface area (Å²) in [7, 11) is 0. The molecule has 2 fully saturated rings. The van der Waals surface area contributed by atoms with Gasteiger partial charge in [-0.15, -0.1) is 0 Å². The molecule has 1 amide bonds. The lowest BCUT2D eigenvalue weighted by molar-refractivity contribution is -0.384. The number of carbonyl (C=O) groups excluding carboxylic acids is 2. The second-order valence-electron chi connectivity index (χ2n) is 8.97. The SMILES string of the molecule is CC(=O)c1ccc(N2CCN(C(=O)c3cc([N+](=O)[O-])ccc3NC3CCCCC3)CC2)c(F)c1. The Balaban J connectivity index is 1.49. The monoisotopic (exact) mass is 468 g/mol. The highest BCUT2D eigenvalue weighted by Crippen LogP contribution is 2.29. The summed E-state index contributed by atoms with van der Waals surface area (Å²) in [5, 5.41) is 14.8. The number of ketones is 1. The number of rotatable bonds is 6. The number of Topliss-reactive ketones (excluding diaryl/α,β-unsaturated/α-hetero) is 1. The first kappa shape index (κ1) is 23.7. The lowest BCUT2D eigenvalue weighted by atomic mass is 9.95. The highest BCUT2D eigenvalue weighted by molar-refractivity contribution is 6.00. The number of nitro benzene ring substituents is 1. The molecule has 0 spiro atoms. The lowest BCUT2D eigenvalue weighted by Crippen LogP contribution is -2.49. The maximum absolute atomic E-state index is 14.6. The summed E-state index contributed by atoms with van der Waals surface area (Å²) in [6.45, 7) is 2.95. The van der Waals surface area contributed by atoms with Gasteiger partial charge in [0.05, 0.1) is 16.2 Å². The lowest BCUT2D eigenvalue weighted by Gasteiger charge is -2.36. The van der Waals surface area contributed by atoms with Gasteiger partial charge in [0.2, 0.25) is 0 Å². The molecule has 9 heteroatoms. The van der Waals surface area contributed by atoms with E-state index in [1.807, 2.05) is 4.90 Å². The van der Waals surface area contributed by atoms with Crippen molar-refractivity contribution < 1.29 is 18.9 Å². The van der Waals surface area contributed by atoms with Crippen molar-refractivity contribution in [1.29, 1.82) is 0 Å². The molecule has 0 aromatic heterocycles. The van der Waals surface area contributed by atoms with E-state index >= 15 is 0 Å². The van der Waals surface area contributed by atoms with Gasteiger partial charge in [0, 0.05) is 55.6 Å². The Kier molecular flexibility index (Phi) is 7.09. The van der Waals surface area contributed by atoms with E-state index in [1.165, 1.54) is 31.5 Å². The molecule has 1 saturated heterocycles. The third-order valence-electron chi connectivity index (χ3n) is 6.67. The fourth-order valence-corrected chi connectivity index (χ4v) is 4.72. The third-order valence-corrected chi connectivity index (χ3v) is 6.67. The van der Waals surface area contributed by atoms with Crippen molar-refractivity contribution in [2.24, 2.45) is 0 Å². The molecule has 0 bridgehead atoms. The second-order valence-corrected chi connectivity index (χ2v) is 8.97. The van der Waals surface area contributed by atoms with E-state index in [1.54, 1.807) is 23.1 Å². The minimum absolute atomic E-state index is 0.121. The summed E-state index contributed by atoms with van der Waals surface area (Å²) in [5.74, 6) is -0.936. The van der Waals surface area contributed by atoms with Crippen molar-refractivity contribution in [2.45, 2.75) is 45.1 Å². The molecule has 2 aromatic rings. The Morgan fingerprint density at radius 1 is 1.03 bits per heavy atom. The van der Waals surface area contributed by atoms with Crippen LogP contribution in [0.25, 0.3) is 0 Å². The number of benzene rings is 2. The fraction of sp³-hybridized carbons (Fsp3) is 0.440. The quantitative estimate of drug-likeness (QED) is 0.377. The minimum atomic E-state index is -0.493. The van der Waals surface area contributed by atoms with Crippen LogP contribution in [0.2, 0.25) is 0 Å². The standard InChI is InChI=1S/C25H29FN4O4/c1-17(31)18-7-10-24(22(26)15-18)28-11-13-29(14-12-28)25(32)21-16-20(30(33)34)8-9-23(21)27-19-5-3-2-4-6-19/h7-10,15-16,19,27H,2-6,11-14H2,1H3. The summed E-state index contributed by atoms with van der Waals surface area (Å²) in [5.41, 5.74) is 1.51. The molecule has 8 nitrogen and oxygen atoms in total. The molecule has 1 saturated carbocycles. The zero-order chi connectivity index (χ0) is 24.2. The van der Waals surface area contributed by atoms with E-state index in [-0.39, 0.29) is 23.4 Å². The predicted octanol–water partition coefficient (Wildman–Crippen LogP) is 4.64. The van der Waals surface area contributed by atoms with Crippen LogP contribution in [-0.4, -0.2) is 53.7 Å². The maximum atomic E-state index is 14.6. The van der Waals surface area contributed by atoms with Gasteiger partial charge >= 0.3 is 0 Å². The second kappa shape index (κ2) is 10.2. The van der Waals surface area contributed by atoms with E-state index in [0.717, 1.165) is 25.7 Å². The Morgan fingerprint density at radius 2 is 1.74 bits per heavy atom. The number of non-ortho nitro benzene ring substituents is 1. The van der Waals surface area contributed by atoms with E-state index in [9.17, 15) is 24.1 Å². The van der Waals surface area contributed by atoms with Crippen LogP contribution in [0.5, 0.6) is 0 Å². The molecule has 0 radical (unpaired) electrons. The summed E-state index contributed by atoms with van der Waals surface area (Å²) in [6, 6.07) is 9.08. The van der Waals surface area contributed by atoms with Gasteiger partial charge in [-0.05, 0) is 44.0 Å². The summed E-state index contributed by atoms with van der Waals surface area (Å²) in [4.78, 5) is 39.2. The van der Waals surface area contributed by atoms with Crippen LogP contribution in [0, 0.1) is 15.9 Å². The van der Waals surface area contributed by atoms with Crippen molar-refractivity contribution in [2.75, 3.05) is 36.4 Å². The number of nitrogens with one attached hydrogen (secondary N) is 1. The van der Waals surface area contributed by atoms with Gasteiger partial charge in [-0.3, -0.25) is 19.7 Å².